The molecule has 0 amide bonds. The Labute approximate surface area is 114 Å². The third-order valence-corrected chi connectivity index (χ3v) is 3.56. The molecule has 1 unspecified atom stereocenters. The van der Waals surface area contributed by atoms with E-state index in [-0.39, 0.29) is 12.0 Å². The van der Waals surface area contributed by atoms with Crippen molar-refractivity contribution in [3.63, 3.8) is 0 Å². The predicted molar refractivity (Wildman–Crippen MR) is 77.6 cm³/mol. The average Bonchev–Trinajstić information content (AvgIpc) is 3.21. The van der Waals surface area contributed by atoms with Gasteiger partial charge in [0.05, 0.1) is 6.10 Å². The molecule has 2 rings (SSSR count). The third kappa shape index (κ3) is 3.35. The van der Waals surface area contributed by atoms with Crippen LogP contribution in [0.15, 0.2) is 0 Å². The Morgan fingerprint density at radius 1 is 1.26 bits per heavy atom. The minimum Gasteiger partial charge on any atom is -0.391 e. The quantitative estimate of drug-likeness (QED) is 0.734. The second-order valence-electron chi connectivity index (χ2n) is 5.59. The lowest BCUT2D eigenvalue weighted by molar-refractivity contribution is 0.164. The fourth-order valence-corrected chi connectivity index (χ4v) is 2.06. The van der Waals surface area contributed by atoms with E-state index in [9.17, 15) is 5.11 Å². The molecule has 1 heterocycles. The highest BCUT2D eigenvalue weighted by Gasteiger charge is 2.29. The Hall–Kier alpha value is -1.36. The van der Waals surface area contributed by atoms with Gasteiger partial charge in [-0.25, -0.2) is 9.97 Å². The van der Waals surface area contributed by atoms with Gasteiger partial charge < -0.3 is 15.7 Å². The second-order valence-corrected chi connectivity index (χ2v) is 5.59. The Morgan fingerprint density at radius 2 is 1.89 bits per heavy atom. The van der Waals surface area contributed by atoms with Gasteiger partial charge in [-0.1, -0.05) is 13.8 Å². The van der Waals surface area contributed by atoms with Crippen LogP contribution in [0.5, 0.6) is 0 Å². The van der Waals surface area contributed by atoms with E-state index in [0.29, 0.717) is 12.5 Å². The Bertz CT molecular complexity index is 443. The molecular formula is C14H24N4O. The van der Waals surface area contributed by atoms with Crippen LogP contribution >= 0.6 is 0 Å². The van der Waals surface area contributed by atoms with Crippen molar-refractivity contribution in [2.75, 3.05) is 24.2 Å². The summed E-state index contributed by atoms with van der Waals surface area (Å²) in [4.78, 5) is 9.06. The van der Waals surface area contributed by atoms with Gasteiger partial charge in [-0.05, 0) is 25.7 Å². The molecule has 3 N–H and O–H groups in total. The zero-order chi connectivity index (χ0) is 14.0. The van der Waals surface area contributed by atoms with Crippen molar-refractivity contribution in [2.45, 2.75) is 45.6 Å². The van der Waals surface area contributed by atoms with Crippen molar-refractivity contribution in [1.82, 2.24) is 9.97 Å². The first-order chi connectivity index (χ1) is 9.02. The molecule has 1 atom stereocenters. The van der Waals surface area contributed by atoms with E-state index in [1.807, 2.05) is 14.0 Å². The summed E-state index contributed by atoms with van der Waals surface area (Å²) >= 11 is 0. The van der Waals surface area contributed by atoms with Gasteiger partial charge in [0.25, 0.3) is 0 Å². The summed E-state index contributed by atoms with van der Waals surface area (Å²) in [7, 11) is 1.86. The zero-order valence-electron chi connectivity index (χ0n) is 12.2. The molecule has 1 aromatic rings. The number of aromatic nitrogens is 2. The van der Waals surface area contributed by atoms with Gasteiger partial charge in [0.15, 0.2) is 0 Å². The molecule has 0 radical (unpaired) electrons. The van der Waals surface area contributed by atoms with Crippen molar-refractivity contribution in [3.8, 4) is 0 Å². The first-order valence-electron chi connectivity index (χ1n) is 7.01. The molecule has 1 fully saturated rings. The van der Waals surface area contributed by atoms with Gasteiger partial charge in [-0.3, -0.25) is 0 Å². The Kier molecular flexibility index (Phi) is 4.24. The van der Waals surface area contributed by atoms with Crippen LogP contribution in [0, 0.1) is 12.8 Å². The van der Waals surface area contributed by atoms with Crippen molar-refractivity contribution in [2.24, 2.45) is 5.92 Å². The highest BCUT2D eigenvalue weighted by molar-refractivity contribution is 5.57. The van der Waals surface area contributed by atoms with E-state index in [4.69, 9.17) is 0 Å². The highest BCUT2D eigenvalue weighted by atomic mass is 16.3. The molecule has 1 saturated carbocycles. The highest BCUT2D eigenvalue weighted by Crippen LogP contribution is 2.32. The lowest BCUT2D eigenvalue weighted by atomic mass is 10.2. The fraction of sp³-hybridized carbons (Fsp3) is 0.714. The second kappa shape index (κ2) is 5.74. The molecule has 1 aliphatic carbocycles. The smallest absolute Gasteiger partial charge is 0.135 e. The molecule has 5 heteroatoms. The Balaban J connectivity index is 2.14. The normalized spacial score (nSPS) is 16.5. The summed E-state index contributed by atoms with van der Waals surface area (Å²) in [6.07, 6.45) is 2.02. The van der Waals surface area contributed by atoms with E-state index >= 15 is 0 Å². The van der Waals surface area contributed by atoms with E-state index in [0.717, 1.165) is 35.9 Å². The van der Waals surface area contributed by atoms with Gasteiger partial charge in [0, 0.05) is 25.1 Å². The SMILES string of the molecule is CNc1nc(C(C)C)nc(NCC(O)C2CC2)c1C. The number of aliphatic hydroxyl groups is 1. The van der Waals surface area contributed by atoms with Crippen LogP contribution in [0.1, 0.15) is 44.0 Å². The summed E-state index contributed by atoms with van der Waals surface area (Å²) in [5.74, 6) is 3.24. The maximum absolute atomic E-state index is 9.92. The molecule has 0 saturated heterocycles. The maximum atomic E-state index is 9.92. The van der Waals surface area contributed by atoms with Crippen LogP contribution in [-0.2, 0) is 0 Å². The van der Waals surface area contributed by atoms with Crippen molar-refractivity contribution >= 4 is 11.6 Å². The van der Waals surface area contributed by atoms with Gasteiger partial charge in [0.2, 0.25) is 0 Å². The van der Waals surface area contributed by atoms with Gasteiger partial charge in [-0.15, -0.1) is 0 Å². The number of hydrogen-bond donors (Lipinski definition) is 3. The zero-order valence-corrected chi connectivity index (χ0v) is 12.2. The number of nitrogens with zero attached hydrogens (tertiary/aromatic N) is 2. The number of hydrogen-bond acceptors (Lipinski definition) is 5. The van der Waals surface area contributed by atoms with E-state index in [1.54, 1.807) is 0 Å². The van der Waals surface area contributed by atoms with Crippen LogP contribution < -0.4 is 10.6 Å². The molecule has 19 heavy (non-hydrogen) atoms. The van der Waals surface area contributed by atoms with E-state index in [2.05, 4.69) is 34.4 Å². The van der Waals surface area contributed by atoms with Gasteiger partial charge >= 0.3 is 0 Å². The van der Waals surface area contributed by atoms with Gasteiger partial charge in [-0.2, -0.15) is 0 Å². The first-order valence-corrected chi connectivity index (χ1v) is 7.01. The topological polar surface area (TPSA) is 70.1 Å². The summed E-state index contributed by atoms with van der Waals surface area (Å²) in [6.45, 7) is 6.70. The largest absolute Gasteiger partial charge is 0.391 e. The summed E-state index contributed by atoms with van der Waals surface area (Å²) in [5, 5.41) is 16.3. The van der Waals surface area contributed by atoms with Crippen molar-refractivity contribution in [3.05, 3.63) is 11.4 Å². The molecule has 1 aromatic heterocycles. The lowest BCUT2D eigenvalue weighted by Crippen LogP contribution is -2.23. The standard InChI is InChI=1S/C14H24N4O/c1-8(2)12-17-13(15-4)9(3)14(18-12)16-7-11(19)10-5-6-10/h8,10-11,19H,5-7H2,1-4H3,(H2,15,16,17,18). The maximum Gasteiger partial charge on any atom is 0.135 e. The first kappa shape index (κ1) is 14.1. The molecule has 0 aliphatic heterocycles. The molecular weight excluding hydrogens is 240 g/mol. The number of nitrogens with one attached hydrogen (secondary N) is 2. The molecule has 5 nitrogen and oxygen atoms in total. The number of anilines is 2. The minimum absolute atomic E-state index is 0.269. The molecule has 0 spiro atoms. The Morgan fingerprint density at radius 3 is 2.42 bits per heavy atom. The summed E-state index contributed by atoms with van der Waals surface area (Å²) < 4.78 is 0. The lowest BCUT2D eigenvalue weighted by Gasteiger charge is -2.17. The predicted octanol–water partition coefficient (Wildman–Crippen LogP) is 2.13. The van der Waals surface area contributed by atoms with Crippen LogP contribution in [0.2, 0.25) is 0 Å². The molecule has 106 valence electrons. The van der Waals surface area contributed by atoms with Crippen LogP contribution in [-0.4, -0.2) is 34.8 Å². The average molecular weight is 264 g/mol. The number of aliphatic hydroxyl groups excluding tert-OH is 1. The number of rotatable bonds is 6. The fourth-order valence-electron chi connectivity index (χ4n) is 2.06. The monoisotopic (exact) mass is 264 g/mol. The van der Waals surface area contributed by atoms with Gasteiger partial charge in [0.1, 0.15) is 17.5 Å². The van der Waals surface area contributed by atoms with E-state index < -0.39 is 0 Å². The molecule has 0 bridgehead atoms. The van der Waals surface area contributed by atoms with Crippen LogP contribution in [0.25, 0.3) is 0 Å². The molecule has 1 aliphatic rings. The van der Waals surface area contributed by atoms with E-state index in [1.165, 1.54) is 0 Å². The van der Waals surface area contributed by atoms with Crippen LogP contribution in [0.4, 0.5) is 11.6 Å². The summed E-state index contributed by atoms with van der Waals surface area (Å²) in [5.41, 5.74) is 0.995. The third-order valence-electron chi connectivity index (χ3n) is 3.56. The van der Waals surface area contributed by atoms with Crippen molar-refractivity contribution in [1.29, 1.82) is 0 Å². The summed E-state index contributed by atoms with van der Waals surface area (Å²) in [6, 6.07) is 0. The minimum atomic E-state index is -0.269. The van der Waals surface area contributed by atoms with Crippen LogP contribution in [0.3, 0.4) is 0 Å². The van der Waals surface area contributed by atoms with Crippen molar-refractivity contribution < 1.29 is 5.11 Å². The molecule has 0 aromatic carbocycles.